The Morgan fingerprint density at radius 2 is 1.70 bits per heavy atom. The van der Waals surface area contributed by atoms with E-state index in [1.54, 1.807) is 0 Å². The first-order valence-corrected chi connectivity index (χ1v) is 8.37. The zero-order chi connectivity index (χ0) is 15.8. The number of hydrogen-bond acceptors (Lipinski definition) is 3. The van der Waals surface area contributed by atoms with Gasteiger partial charge in [-0.15, -0.1) is 12.4 Å². The van der Waals surface area contributed by atoms with Gasteiger partial charge in [0, 0.05) is 13.1 Å². The molecule has 2 aliphatic rings. The summed E-state index contributed by atoms with van der Waals surface area (Å²) in [6.45, 7) is 6.50. The van der Waals surface area contributed by atoms with E-state index in [4.69, 9.17) is 4.74 Å². The van der Waals surface area contributed by atoms with Crippen LogP contribution in [0.3, 0.4) is 0 Å². The number of carbonyl (C=O) groups excluding carboxylic acids is 1. The van der Waals surface area contributed by atoms with Crippen molar-refractivity contribution in [1.29, 1.82) is 0 Å². The SMILES string of the molecule is CN1CCC(OC(=O)C2(c3ccccc3)CC(C)(C)C2)CC1.Cl. The summed E-state index contributed by atoms with van der Waals surface area (Å²) in [6, 6.07) is 10.2. The lowest BCUT2D eigenvalue weighted by molar-refractivity contribution is -0.168. The highest BCUT2D eigenvalue weighted by atomic mass is 35.5. The summed E-state index contributed by atoms with van der Waals surface area (Å²) < 4.78 is 5.93. The third kappa shape index (κ3) is 3.72. The maximum Gasteiger partial charge on any atom is 0.316 e. The third-order valence-corrected chi connectivity index (χ3v) is 5.22. The van der Waals surface area contributed by atoms with E-state index < -0.39 is 5.41 Å². The molecule has 1 aliphatic heterocycles. The van der Waals surface area contributed by atoms with Crippen LogP contribution in [-0.4, -0.2) is 37.1 Å². The second kappa shape index (κ2) is 6.82. The van der Waals surface area contributed by atoms with E-state index in [1.165, 1.54) is 0 Å². The predicted octanol–water partition coefficient (Wildman–Crippen LogP) is 3.80. The molecule has 4 heteroatoms. The maximum atomic E-state index is 12.9. The van der Waals surface area contributed by atoms with Crippen molar-refractivity contribution in [2.24, 2.45) is 5.41 Å². The quantitative estimate of drug-likeness (QED) is 0.786. The van der Waals surface area contributed by atoms with Crippen molar-refractivity contribution in [3.8, 4) is 0 Å². The minimum Gasteiger partial charge on any atom is -0.462 e. The van der Waals surface area contributed by atoms with Gasteiger partial charge in [-0.2, -0.15) is 0 Å². The average Bonchev–Trinajstić information content (AvgIpc) is 2.47. The zero-order valence-corrected chi connectivity index (χ0v) is 15.2. The molecule has 0 spiro atoms. The van der Waals surface area contributed by atoms with Crippen LogP contribution in [0.4, 0.5) is 0 Å². The molecule has 2 fully saturated rings. The van der Waals surface area contributed by atoms with Gasteiger partial charge in [0.2, 0.25) is 0 Å². The Hall–Kier alpha value is -1.06. The molecule has 0 N–H and O–H groups in total. The second-order valence-corrected chi connectivity index (χ2v) is 7.87. The summed E-state index contributed by atoms with van der Waals surface area (Å²) in [5.41, 5.74) is 0.919. The standard InChI is InChI=1S/C19H27NO2.ClH/c1-18(2)13-19(14-18,15-7-5-4-6-8-15)17(21)22-16-9-11-20(3)12-10-16;/h4-8,16H,9-14H2,1-3H3;1H. The number of hydrogen-bond donors (Lipinski definition) is 0. The van der Waals surface area contributed by atoms with Gasteiger partial charge in [0.1, 0.15) is 6.10 Å². The minimum absolute atomic E-state index is 0. The van der Waals surface area contributed by atoms with Crippen LogP contribution in [0.15, 0.2) is 30.3 Å². The van der Waals surface area contributed by atoms with Crippen LogP contribution < -0.4 is 0 Å². The molecule has 0 aromatic heterocycles. The van der Waals surface area contributed by atoms with Crippen molar-refractivity contribution >= 4 is 18.4 Å². The monoisotopic (exact) mass is 337 g/mol. The Morgan fingerprint density at radius 1 is 1.13 bits per heavy atom. The Labute approximate surface area is 145 Å². The lowest BCUT2D eigenvalue weighted by Crippen LogP contribution is -2.54. The lowest BCUT2D eigenvalue weighted by Gasteiger charge is -2.52. The van der Waals surface area contributed by atoms with Crippen molar-refractivity contribution < 1.29 is 9.53 Å². The molecule has 3 rings (SSSR count). The molecule has 1 aromatic rings. The largest absolute Gasteiger partial charge is 0.462 e. The van der Waals surface area contributed by atoms with Gasteiger partial charge in [-0.25, -0.2) is 0 Å². The van der Waals surface area contributed by atoms with Crippen molar-refractivity contribution in [1.82, 2.24) is 4.90 Å². The molecule has 23 heavy (non-hydrogen) atoms. The van der Waals surface area contributed by atoms with Crippen molar-refractivity contribution in [2.75, 3.05) is 20.1 Å². The first kappa shape index (κ1) is 18.3. The number of ether oxygens (including phenoxy) is 1. The molecular weight excluding hydrogens is 310 g/mol. The Bertz CT molecular complexity index is 528. The highest BCUT2D eigenvalue weighted by Gasteiger charge is 2.56. The molecule has 1 aliphatic carbocycles. The van der Waals surface area contributed by atoms with Crippen LogP contribution in [0.25, 0.3) is 0 Å². The summed E-state index contributed by atoms with van der Waals surface area (Å²) in [7, 11) is 2.12. The van der Waals surface area contributed by atoms with Crippen LogP contribution >= 0.6 is 12.4 Å². The van der Waals surface area contributed by atoms with Gasteiger partial charge in [0.25, 0.3) is 0 Å². The van der Waals surface area contributed by atoms with E-state index in [1.807, 2.05) is 18.2 Å². The van der Waals surface area contributed by atoms with Gasteiger partial charge >= 0.3 is 5.97 Å². The van der Waals surface area contributed by atoms with Crippen LogP contribution in [0.2, 0.25) is 0 Å². The number of carbonyl (C=O) groups is 1. The Balaban J connectivity index is 0.00000192. The zero-order valence-electron chi connectivity index (χ0n) is 14.4. The van der Waals surface area contributed by atoms with Gasteiger partial charge < -0.3 is 9.64 Å². The highest BCUT2D eigenvalue weighted by Crippen LogP contribution is 2.56. The molecule has 0 atom stereocenters. The Kier molecular flexibility index (Phi) is 5.42. The number of likely N-dealkylation sites (tertiary alicyclic amines) is 1. The number of benzene rings is 1. The van der Waals surface area contributed by atoms with Crippen LogP contribution in [-0.2, 0) is 14.9 Å². The molecule has 0 bridgehead atoms. The predicted molar refractivity (Wildman–Crippen MR) is 95.0 cm³/mol. The highest BCUT2D eigenvalue weighted by molar-refractivity contribution is 5.85. The first-order chi connectivity index (χ1) is 10.4. The van der Waals surface area contributed by atoms with E-state index in [0.29, 0.717) is 0 Å². The maximum absolute atomic E-state index is 12.9. The van der Waals surface area contributed by atoms with E-state index in [0.717, 1.165) is 44.3 Å². The number of halogens is 1. The van der Waals surface area contributed by atoms with Gasteiger partial charge in [0.15, 0.2) is 0 Å². The minimum atomic E-state index is -0.423. The summed E-state index contributed by atoms with van der Waals surface area (Å²) in [5.74, 6) is -0.00687. The molecule has 1 aromatic carbocycles. The number of esters is 1. The lowest BCUT2D eigenvalue weighted by atomic mass is 9.52. The number of piperidine rings is 1. The van der Waals surface area contributed by atoms with E-state index in [2.05, 4.69) is 37.9 Å². The average molecular weight is 338 g/mol. The summed E-state index contributed by atoms with van der Waals surface area (Å²) in [4.78, 5) is 15.2. The molecule has 3 nitrogen and oxygen atoms in total. The molecule has 0 unspecified atom stereocenters. The third-order valence-electron chi connectivity index (χ3n) is 5.22. The molecule has 0 amide bonds. The molecule has 1 saturated heterocycles. The fourth-order valence-electron chi connectivity index (χ4n) is 4.17. The van der Waals surface area contributed by atoms with E-state index in [9.17, 15) is 4.79 Å². The number of nitrogens with zero attached hydrogens (tertiary/aromatic N) is 1. The molecule has 128 valence electrons. The summed E-state index contributed by atoms with van der Waals surface area (Å²) in [5, 5.41) is 0. The van der Waals surface area contributed by atoms with E-state index >= 15 is 0 Å². The summed E-state index contributed by atoms with van der Waals surface area (Å²) in [6.07, 6.45) is 3.77. The summed E-state index contributed by atoms with van der Waals surface area (Å²) >= 11 is 0. The first-order valence-electron chi connectivity index (χ1n) is 8.37. The van der Waals surface area contributed by atoms with Gasteiger partial charge in [0.05, 0.1) is 5.41 Å². The van der Waals surface area contributed by atoms with Crippen molar-refractivity contribution in [3.63, 3.8) is 0 Å². The van der Waals surface area contributed by atoms with E-state index in [-0.39, 0.29) is 29.9 Å². The smallest absolute Gasteiger partial charge is 0.316 e. The topological polar surface area (TPSA) is 29.5 Å². The van der Waals surface area contributed by atoms with Crippen LogP contribution in [0, 0.1) is 5.41 Å². The van der Waals surface area contributed by atoms with Crippen molar-refractivity contribution in [2.45, 2.75) is 51.0 Å². The number of rotatable bonds is 3. The second-order valence-electron chi connectivity index (χ2n) is 7.87. The molecule has 1 heterocycles. The van der Waals surface area contributed by atoms with Crippen LogP contribution in [0.5, 0.6) is 0 Å². The normalized spacial score (nSPS) is 23.4. The molecule has 1 saturated carbocycles. The molecular formula is C19H28ClNO2. The fourth-order valence-corrected chi connectivity index (χ4v) is 4.17. The fraction of sp³-hybridized carbons (Fsp3) is 0.632. The van der Waals surface area contributed by atoms with Gasteiger partial charge in [-0.05, 0) is 43.7 Å². The van der Waals surface area contributed by atoms with Crippen LogP contribution in [0.1, 0.15) is 45.1 Å². The van der Waals surface area contributed by atoms with Gasteiger partial charge in [-0.3, -0.25) is 4.79 Å². The molecule has 0 radical (unpaired) electrons. The Morgan fingerprint density at radius 3 is 2.22 bits per heavy atom. The van der Waals surface area contributed by atoms with Crippen molar-refractivity contribution in [3.05, 3.63) is 35.9 Å². The van der Waals surface area contributed by atoms with Gasteiger partial charge in [-0.1, -0.05) is 44.2 Å².